The van der Waals surface area contributed by atoms with Crippen molar-refractivity contribution in [1.82, 2.24) is 15.0 Å². The van der Waals surface area contributed by atoms with Gasteiger partial charge in [0.15, 0.2) is 0 Å². The third-order valence-corrected chi connectivity index (χ3v) is 2.84. The number of hydrogen-bond acceptors (Lipinski definition) is 7. The Kier molecular flexibility index (Phi) is 4.60. The number of hydrogen-bond donors (Lipinski definition) is 2. The quantitative estimate of drug-likeness (QED) is 0.619. The summed E-state index contributed by atoms with van der Waals surface area (Å²) in [7, 11) is 0. The fourth-order valence-electron chi connectivity index (χ4n) is 1.75. The highest BCUT2D eigenvalue weighted by molar-refractivity contribution is 5.57. The van der Waals surface area contributed by atoms with Crippen LogP contribution in [0.4, 0.5) is 17.5 Å². The lowest BCUT2D eigenvalue weighted by atomic mass is 10.2. The molecule has 0 unspecified atom stereocenters. The zero-order chi connectivity index (χ0) is 15.2. The number of anilines is 2. The number of rotatable bonds is 6. The Morgan fingerprint density at radius 1 is 1.33 bits per heavy atom. The standard InChI is InChI=1S/C13H16N6O2/c1-3-14-13-17-8-11(19(20)21)12(18-13)16-7-10-9(2)5-4-6-15-10/h4-6,8H,3,7H2,1-2H3,(H2,14,16,17,18). The summed E-state index contributed by atoms with van der Waals surface area (Å²) >= 11 is 0. The Labute approximate surface area is 121 Å². The van der Waals surface area contributed by atoms with Crippen LogP contribution in [0.15, 0.2) is 24.5 Å². The smallest absolute Gasteiger partial charge is 0.329 e. The predicted molar refractivity (Wildman–Crippen MR) is 79.2 cm³/mol. The van der Waals surface area contributed by atoms with E-state index in [-0.39, 0.29) is 11.5 Å². The predicted octanol–water partition coefficient (Wildman–Crippen LogP) is 2.13. The first-order chi connectivity index (χ1) is 10.1. The summed E-state index contributed by atoms with van der Waals surface area (Å²) in [5.74, 6) is 0.527. The lowest BCUT2D eigenvalue weighted by Gasteiger charge is -2.09. The van der Waals surface area contributed by atoms with E-state index in [9.17, 15) is 10.1 Å². The summed E-state index contributed by atoms with van der Waals surface area (Å²) in [6.45, 7) is 4.82. The SMILES string of the molecule is CCNc1ncc([N+](=O)[O-])c(NCc2ncccc2C)n1. The van der Waals surface area contributed by atoms with Crippen molar-refractivity contribution in [3.63, 3.8) is 0 Å². The van der Waals surface area contributed by atoms with Crippen molar-refractivity contribution in [1.29, 1.82) is 0 Å². The van der Waals surface area contributed by atoms with E-state index in [4.69, 9.17) is 0 Å². The van der Waals surface area contributed by atoms with Gasteiger partial charge in [-0.2, -0.15) is 4.98 Å². The number of nitro groups is 1. The summed E-state index contributed by atoms with van der Waals surface area (Å²) in [5.41, 5.74) is 1.66. The Morgan fingerprint density at radius 3 is 2.81 bits per heavy atom. The van der Waals surface area contributed by atoms with Crippen LogP contribution in [0.2, 0.25) is 0 Å². The first-order valence-electron chi connectivity index (χ1n) is 6.51. The van der Waals surface area contributed by atoms with Gasteiger partial charge < -0.3 is 10.6 Å². The van der Waals surface area contributed by atoms with Crippen LogP contribution in [0, 0.1) is 17.0 Å². The van der Waals surface area contributed by atoms with Crippen molar-refractivity contribution >= 4 is 17.5 Å². The number of aryl methyl sites for hydroxylation is 1. The van der Waals surface area contributed by atoms with Gasteiger partial charge in [0.2, 0.25) is 11.8 Å². The Hall–Kier alpha value is -2.77. The van der Waals surface area contributed by atoms with Crippen molar-refractivity contribution < 1.29 is 4.92 Å². The molecule has 0 aliphatic heterocycles. The van der Waals surface area contributed by atoms with Gasteiger partial charge in [0.25, 0.3) is 0 Å². The van der Waals surface area contributed by atoms with Crippen molar-refractivity contribution in [2.24, 2.45) is 0 Å². The highest BCUT2D eigenvalue weighted by Crippen LogP contribution is 2.22. The number of nitrogens with one attached hydrogen (secondary N) is 2. The van der Waals surface area contributed by atoms with Crippen molar-refractivity contribution in [2.75, 3.05) is 17.2 Å². The van der Waals surface area contributed by atoms with Gasteiger partial charge in [0, 0.05) is 12.7 Å². The topological polar surface area (TPSA) is 106 Å². The zero-order valence-corrected chi connectivity index (χ0v) is 11.8. The van der Waals surface area contributed by atoms with Gasteiger partial charge in [-0.15, -0.1) is 0 Å². The molecule has 8 nitrogen and oxygen atoms in total. The molecule has 0 bridgehead atoms. The molecule has 0 saturated carbocycles. The first kappa shape index (κ1) is 14.6. The third kappa shape index (κ3) is 3.62. The van der Waals surface area contributed by atoms with E-state index >= 15 is 0 Å². The van der Waals surface area contributed by atoms with E-state index < -0.39 is 4.92 Å². The molecule has 2 heterocycles. The molecule has 110 valence electrons. The van der Waals surface area contributed by atoms with E-state index in [1.54, 1.807) is 6.20 Å². The van der Waals surface area contributed by atoms with E-state index in [1.165, 1.54) is 6.20 Å². The minimum atomic E-state index is -0.511. The zero-order valence-electron chi connectivity index (χ0n) is 11.8. The molecule has 0 saturated heterocycles. The lowest BCUT2D eigenvalue weighted by Crippen LogP contribution is -2.10. The monoisotopic (exact) mass is 288 g/mol. The van der Waals surface area contributed by atoms with Crippen LogP contribution in [0.25, 0.3) is 0 Å². The van der Waals surface area contributed by atoms with Crippen LogP contribution in [0.5, 0.6) is 0 Å². The molecular weight excluding hydrogens is 272 g/mol. The molecule has 2 N–H and O–H groups in total. The van der Waals surface area contributed by atoms with Gasteiger partial charge in [-0.3, -0.25) is 15.1 Å². The molecule has 2 aromatic heterocycles. The minimum Gasteiger partial charge on any atom is -0.359 e. The van der Waals surface area contributed by atoms with Crippen LogP contribution in [-0.4, -0.2) is 26.4 Å². The number of aromatic nitrogens is 3. The molecule has 0 aromatic carbocycles. The van der Waals surface area contributed by atoms with E-state index in [0.29, 0.717) is 19.0 Å². The second-order valence-electron chi connectivity index (χ2n) is 4.34. The molecule has 2 aromatic rings. The van der Waals surface area contributed by atoms with Crippen LogP contribution < -0.4 is 10.6 Å². The van der Waals surface area contributed by atoms with Gasteiger partial charge in [-0.1, -0.05) is 6.07 Å². The molecule has 8 heteroatoms. The Bertz CT molecular complexity index is 646. The maximum Gasteiger partial charge on any atom is 0.329 e. The average molecular weight is 288 g/mol. The van der Waals surface area contributed by atoms with Crippen LogP contribution in [0.3, 0.4) is 0 Å². The van der Waals surface area contributed by atoms with Gasteiger partial charge in [0.05, 0.1) is 17.2 Å². The third-order valence-electron chi connectivity index (χ3n) is 2.84. The fourth-order valence-corrected chi connectivity index (χ4v) is 1.75. The Morgan fingerprint density at radius 2 is 2.14 bits per heavy atom. The molecular formula is C13H16N6O2. The van der Waals surface area contributed by atoms with Crippen molar-refractivity contribution in [3.05, 3.63) is 45.9 Å². The summed E-state index contributed by atoms with van der Waals surface area (Å²) in [4.78, 5) is 22.8. The van der Waals surface area contributed by atoms with Crippen molar-refractivity contribution in [3.8, 4) is 0 Å². The lowest BCUT2D eigenvalue weighted by molar-refractivity contribution is -0.384. The van der Waals surface area contributed by atoms with Crippen LogP contribution in [-0.2, 0) is 6.54 Å². The minimum absolute atomic E-state index is 0.162. The van der Waals surface area contributed by atoms with E-state index in [0.717, 1.165) is 11.3 Å². The highest BCUT2D eigenvalue weighted by atomic mass is 16.6. The molecule has 0 aliphatic carbocycles. The first-order valence-corrected chi connectivity index (χ1v) is 6.51. The number of pyridine rings is 1. The van der Waals surface area contributed by atoms with E-state index in [2.05, 4.69) is 25.6 Å². The fraction of sp³-hybridized carbons (Fsp3) is 0.308. The second-order valence-corrected chi connectivity index (χ2v) is 4.34. The average Bonchev–Trinajstić information content (AvgIpc) is 2.46. The van der Waals surface area contributed by atoms with E-state index in [1.807, 2.05) is 26.0 Å². The van der Waals surface area contributed by atoms with Gasteiger partial charge in [0.1, 0.15) is 6.20 Å². The maximum atomic E-state index is 11.0. The molecule has 0 amide bonds. The number of nitrogens with zero attached hydrogens (tertiary/aromatic N) is 4. The molecule has 0 radical (unpaired) electrons. The summed E-state index contributed by atoms with van der Waals surface area (Å²) in [6, 6.07) is 3.78. The summed E-state index contributed by atoms with van der Waals surface area (Å²) < 4.78 is 0. The largest absolute Gasteiger partial charge is 0.359 e. The molecule has 0 fully saturated rings. The van der Waals surface area contributed by atoms with Gasteiger partial charge in [-0.05, 0) is 25.5 Å². The second kappa shape index (κ2) is 6.60. The maximum absolute atomic E-state index is 11.0. The summed E-state index contributed by atoms with van der Waals surface area (Å²) in [6.07, 6.45) is 2.88. The molecule has 0 aliphatic rings. The summed E-state index contributed by atoms with van der Waals surface area (Å²) in [5, 5.41) is 16.9. The highest BCUT2D eigenvalue weighted by Gasteiger charge is 2.17. The molecule has 21 heavy (non-hydrogen) atoms. The van der Waals surface area contributed by atoms with Gasteiger partial charge in [-0.25, -0.2) is 4.98 Å². The molecule has 2 rings (SSSR count). The van der Waals surface area contributed by atoms with Crippen molar-refractivity contribution in [2.45, 2.75) is 20.4 Å². The normalized spacial score (nSPS) is 10.2. The van der Waals surface area contributed by atoms with Crippen LogP contribution in [0.1, 0.15) is 18.2 Å². The molecule has 0 spiro atoms. The Balaban J connectivity index is 2.22. The van der Waals surface area contributed by atoms with Gasteiger partial charge >= 0.3 is 5.69 Å². The van der Waals surface area contributed by atoms with Crippen LogP contribution >= 0.6 is 0 Å². The molecule has 0 atom stereocenters.